The molecule has 10 heteroatoms. The SMILES string of the molecule is Cc1cc(Nc2ccc(C(=O)/C=C/c3ccc4ccccc4c3)cc2)n2nc(SCc3cccc([N+](=O)[O-])c3)nc2n1. The number of carbonyl (C=O) groups excluding carboxylic acids is 1. The first kappa shape index (κ1) is 26.9. The Morgan fingerprint density at radius 3 is 2.57 bits per heavy atom. The first-order valence-electron chi connectivity index (χ1n) is 13.1. The average Bonchev–Trinajstić information content (AvgIpc) is 3.42. The third-order valence-corrected chi connectivity index (χ3v) is 7.46. The number of allylic oxidation sites excluding steroid dienone is 1. The molecule has 0 radical (unpaired) electrons. The van der Waals surface area contributed by atoms with Gasteiger partial charge in [0, 0.05) is 40.9 Å². The normalized spacial score (nSPS) is 11.4. The predicted octanol–water partition coefficient (Wildman–Crippen LogP) is 7.43. The van der Waals surface area contributed by atoms with Gasteiger partial charge in [0.2, 0.25) is 5.16 Å². The van der Waals surface area contributed by atoms with Crippen molar-refractivity contribution >= 4 is 57.4 Å². The van der Waals surface area contributed by atoms with Gasteiger partial charge in [-0.1, -0.05) is 66.4 Å². The fraction of sp³-hybridized carbons (Fsp3) is 0.0625. The van der Waals surface area contributed by atoms with Gasteiger partial charge in [-0.15, -0.1) is 5.10 Å². The Labute approximate surface area is 245 Å². The van der Waals surface area contributed by atoms with Crippen LogP contribution in [-0.4, -0.2) is 30.3 Å². The fourth-order valence-electron chi connectivity index (χ4n) is 4.47. The van der Waals surface area contributed by atoms with Gasteiger partial charge in [-0.05, 0) is 65.2 Å². The molecule has 0 spiro atoms. The van der Waals surface area contributed by atoms with Crippen molar-refractivity contribution < 1.29 is 9.72 Å². The van der Waals surface area contributed by atoms with E-state index in [1.165, 1.54) is 17.8 Å². The number of nitro groups is 1. The zero-order valence-electron chi connectivity index (χ0n) is 22.5. The lowest BCUT2D eigenvalue weighted by Gasteiger charge is -2.09. The first-order valence-corrected chi connectivity index (χ1v) is 14.1. The second kappa shape index (κ2) is 11.6. The molecular formula is C32H24N6O3S. The van der Waals surface area contributed by atoms with Crippen LogP contribution >= 0.6 is 11.8 Å². The second-order valence-corrected chi connectivity index (χ2v) is 10.6. The van der Waals surface area contributed by atoms with Gasteiger partial charge in [0.15, 0.2) is 5.78 Å². The quantitative estimate of drug-likeness (QED) is 0.0625. The molecule has 2 heterocycles. The maximum absolute atomic E-state index is 12.8. The number of nitrogens with zero attached hydrogens (tertiary/aromatic N) is 5. The van der Waals surface area contributed by atoms with Gasteiger partial charge in [-0.2, -0.15) is 9.50 Å². The highest BCUT2D eigenvalue weighted by atomic mass is 32.2. The number of benzene rings is 4. The molecule has 206 valence electrons. The van der Waals surface area contributed by atoms with Gasteiger partial charge in [0.1, 0.15) is 5.82 Å². The van der Waals surface area contributed by atoms with Gasteiger partial charge in [0.25, 0.3) is 11.5 Å². The third-order valence-electron chi connectivity index (χ3n) is 6.55. The highest BCUT2D eigenvalue weighted by Gasteiger charge is 2.13. The smallest absolute Gasteiger partial charge is 0.269 e. The van der Waals surface area contributed by atoms with Crippen molar-refractivity contribution in [2.45, 2.75) is 17.8 Å². The Hall–Kier alpha value is -5.35. The highest BCUT2D eigenvalue weighted by Crippen LogP contribution is 2.25. The van der Waals surface area contributed by atoms with E-state index in [9.17, 15) is 14.9 Å². The van der Waals surface area contributed by atoms with E-state index >= 15 is 0 Å². The van der Waals surface area contributed by atoms with E-state index in [1.807, 2.05) is 61.5 Å². The Bertz CT molecular complexity index is 1980. The van der Waals surface area contributed by atoms with E-state index in [1.54, 1.807) is 34.9 Å². The predicted molar refractivity (Wildman–Crippen MR) is 165 cm³/mol. The van der Waals surface area contributed by atoms with Crippen molar-refractivity contribution in [2.24, 2.45) is 0 Å². The number of fused-ring (bicyclic) bond motifs is 2. The number of anilines is 2. The summed E-state index contributed by atoms with van der Waals surface area (Å²) < 4.78 is 1.62. The topological polar surface area (TPSA) is 115 Å². The largest absolute Gasteiger partial charge is 0.340 e. The third kappa shape index (κ3) is 6.03. The summed E-state index contributed by atoms with van der Waals surface area (Å²) in [6.45, 7) is 1.87. The fourth-order valence-corrected chi connectivity index (χ4v) is 5.23. The van der Waals surface area contributed by atoms with Crippen LogP contribution in [0.25, 0.3) is 22.6 Å². The number of ketones is 1. The molecule has 0 bridgehead atoms. The van der Waals surface area contributed by atoms with Crippen LogP contribution < -0.4 is 5.32 Å². The molecule has 4 aromatic carbocycles. The Morgan fingerprint density at radius 2 is 1.76 bits per heavy atom. The molecule has 9 nitrogen and oxygen atoms in total. The zero-order valence-corrected chi connectivity index (χ0v) is 23.3. The van der Waals surface area contributed by atoms with Gasteiger partial charge in [-0.25, -0.2) is 4.98 Å². The average molecular weight is 573 g/mol. The van der Waals surface area contributed by atoms with Crippen molar-refractivity contribution in [3.8, 4) is 0 Å². The minimum atomic E-state index is -0.409. The van der Waals surface area contributed by atoms with E-state index < -0.39 is 4.92 Å². The van der Waals surface area contributed by atoms with E-state index in [0.717, 1.165) is 33.3 Å². The minimum Gasteiger partial charge on any atom is -0.340 e. The summed E-state index contributed by atoms with van der Waals surface area (Å²) in [5, 5.41) is 21.8. The summed E-state index contributed by atoms with van der Waals surface area (Å²) in [6, 6.07) is 29.8. The molecule has 0 fully saturated rings. The standard InChI is InChI=1S/C32H24N6O3S/c1-21-17-30(37-31(33-21)35-32(36-37)42-20-23-5-4-8-28(19-23)38(40)41)34-27-14-12-25(13-15-27)29(39)16-10-22-9-11-24-6-2-3-7-26(24)18-22/h2-19,34H,20H2,1H3/b16-10+. The first-order chi connectivity index (χ1) is 20.4. The molecule has 0 aliphatic heterocycles. The molecule has 2 aromatic heterocycles. The van der Waals surface area contributed by atoms with Gasteiger partial charge in [0.05, 0.1) is 4.92 Å². The molecule has 6 aromatic rings. The molecule has 0 atom stereocenters. The number of non-ortho nitro benzene ring substituents is 1. The molecule has 1 N–H and O–H groups in total. The van der Waals surface area contributed by atoms with Crippen molar-refractivity contribution in [2.75, 3.05) is 5.32 Å². The van der Waals surface area contributed by atoms with Crippen LogP contribution in [0.3, 0.4) is 0 Å². The summed E-state index contributed by atoms with van der Waals surface area (Å²) in [5.41, 5.74) is 3.93. The molecule has 0 amide bonds. The van der Waals surface area contributed by atoms with Crippen LogP contribution in [0.4, 0.5) is 17.2 Å². The summed E-state index contributed by atoms with van der Waals surface area (Å²) >= 11 is 1.37. The number of nitro benzene ring substituents is 1. The van der Waals surface area contributed by atoms with Crippen molar-refractivity contribution in [3.05, 3.63) is 136 Å². The minimum absolute atomic E-state index is 0.0495. The number of nitrogens with one attached hydrogen (secondary N) is 1. The Balaban J connectivity index is 1.15. The molecule has 42 heavy (non-hydrogen) atoms. The monoisotopic (exact) mass is 572 g/mol. The van der Waals surface area contributed by atoms with E-state index in [0.29, 0.717) is 28.1 Å². The van der Waals surface area contributed by atoms with Crippen molar-refractivity contribution in [1.29, 1.82) is 0 Å². The van der Waals surface area contributed by atoms with E-state index in [2.05, 4.69) is 38.6 Å². The van der Waals surface area contributed by atoms with Crippen LogP contribution in [0.2, 0.25) is 0 Å². The summed E-state index contributed by atoms with van der Waals surface area (Å²) in [5.74, 6) is 1.50. The summed E-state index contributed by atoms with van der Waals surface area (Å²) in [4.78, 5) is 32.5. The molecule has 0 saturated carbocycles. The summed E-state index contributed by atoms with van der Waals surface area (Å²) in [6.07, 6.45) is 3.42. The van der Waals surface area contributed by atoms with Gasteiger partial charge < -0.3 is 5.32 Å². The maximum atomic E-state index is 12.8. The number of hydrogen-bond donors (Lipinski definition) is 1. The van der Waals surface area contributed by atoms with Gasteiger partial charge in [-0.3, -0.25) is 14.9 Å². The Morgan fingerprint density at radius 1 is 0.952 bits per heavy atom. The number of thioether (sulfide) groups is 1. The van der Waals surface area contributed by atoms with Crippen LogP contribution in [0.5, 0.6) is 0 Å². The summed E-state index contributed by atoms with van der Waals surface area (Å²) in [7, 11) is 0. The number of aromatic nitrogens is 4. The van der Waals surface area contributed by atoms with E-state index in [4.69, 9.17) is 0 Å². The molecule has 0 aliphatic rings. The lowest BCUT2D eigenvalue weighted by Crippen LogP contribution is -2.03. The number of carbonyl (C=O) groups is 1. The maximum Gasteiger partial charge on any atom is 0.269 e. The second-order valence-electron chi connectivity index (χ2n) is 9.61. The van der Waals surface area contributed by atoms with E-state index in [-0.39, 0.29) is 11.5 Å². The lowest BCUT2D eigenvalue weighted by atomic mass is 10.1. The molecule has 0 unspecified atom stereocenters. The van der Waals surface area contributed by atoms with Crippen LogP contribution in [-0.2, 0) is 5.75 Å². The highest BCUT2D eigenvalue weighted by molar-refractivity contribution is 7.98. The number of rotatable bonds is 9. The molecule has 0 aliphatic carbocycles. The van der Waals surface area contributed by atoms with Crippen LogP contribution in [0.1, 0.15) is 27.2 Å². The van der Waals surface area contributed by atoms with Crippen LogP contribution in [0.15, 0.2) is 108 Å². The molecular weight excluding hydrogens is 548 g/mol. The van der Waals surface area contributed by atoms with Gasteiger partial charge >= 0.3 is 0 Å². The number of hydrogen-bond acceptors (Lipinski definition) is 8. The van der Waals surface area contributed by atoms with Crippen molar-refractivity contribution in [1.82, 2.24) is 19.6 Å². The molecule has 6 rings (SSSR count). The molecule has 0 saturated heterocycles. The van der Waals surface area contributed by atoms with Crippen molar-refractivity contribution in [3.63, 3.8) is 0 Å². The zero-order chi connectivity index (χ0) is 29.1. The Kier molecular flexibility index (Phi) is 7.44. The lowest BCUT2D eigenvalue weighted by molar-refractivity contribution is -0.384. The van der Waals surface area contributed by atoms with Crippen LogP contribution in [0, 0.1) is 17.0 Å². The number of aryl methyl sites for hydroxylation is 1.